The van der Waals surface area contributed by atoms with Gasteiger partial charge in [0.2, 0.25) is 0 Å². The monoisotopic (exact) mass is 208 g/mol. The third-order valence-corrected chi connectivity index (χ3v) is 2.56. The molecule has 0 aliphatic heterocycles. The Morgan fingerprint density at radius 2 is 1.80 bits per heavy atom. The molecule has 1 aromatic rings. The summed E-state index contributed by atoms with van der Waals surface area (Å²) in [4.78, 5) is 0. The summed E-state index contributed by atoms with van der Waals surface area (Å²) in [5, 5.41) is 9.67. The molecule has 0 spiro atoms. The van der Waals surface area contributed by atoms with Crippen LogP contribution < -0.4 is 0 Å². The van der Waals surface area contributed by atoms with Gasteiger partial charge < -0.3 is 9.84 Å². The van der Waals surface area contributed by atoms with Crippen molar-refractivity contribution < 1.29 is 9.84 Å². The van der Waals surface area contributed by atoms with Gasteiger partial charge in [0.25, 0.3) is 0 Å². The van der Waals surface area contributed by atoms with Crippen LogP contribution in [0.15, 0.2) is 30.3 Å². The summed E-state index contributed by atoms with van der Waals surface area (Å²) in [6.07, 6.45) is 1.20. The van der Waals surface area contributed by atoms with Crippen molar-refractivity contribution in [1.82, 2.24) is 0 Å². The Bertz CT molecular complexity index is 258. The molecule has 1 aromatic carbocycles. The van der Waals surface area contributed by atoms with Gasteiger partial charge in [0.05, 0.1) is 18.8 Å². The van der Waals surface area contributed by atoms with Crippen LogP contribution in [0.4, 0.5) is 0 Å². The van der Waals surface area contributed by atoms with Crippen molar-refractivity contribution in [2.24, 2.45) is 0 Å². The van der Waals surface area contributed by atoms with Gasteiger partial charge in [-0.3, -0.25) is 0 Å². The Morgan fingerprint density at radius 1 is 1.13 bits per heavy atom. The Morgan fingerprint density at radius 3 is 2.33 bits per heavy atom. The van der Waals surface area contributed by atoms with E-state index >= 15 is 0 Å². The summed E-state index contributed by atoms with van der Waals surface area (Å²) >= 11 is 0. The molecule has 0 radical (unpaired) electrons. The topological polar surface area (TPSA) is 29.5 Å². The highest BCUT2D eigenvalue weighted by Crippen LogP contribution is 2.11. The molecule has 2 atom stereocenters. The van der Waals surface area contributed by atoms with Crippen molar-refractivity contribution in [3.8, 4) is 0 Å². The van der Waals surface area contributed by atoms with Crippen molar-refractivity contribution >= 4 is 0 Å². The number of aliphatic hydroxyl groups excluding tert-OH is 1. The Balaban J connectivity index is 2.41. The summed E-state index contributed by atoms with van der Waals surface area (Å²) in [5.41, 5.74) is 1.15. The van der Waals surface area contributed by atoms with E-state index in [1.165, 1.54) is 0 Å². The zero-order chi connectivity index (χ0) is 11.1. The summed E-state index contributed by atoms with van der Waals surface area (Å²) in [6.45, 7) is 4.59. The van der Waals surface area contributed by atoms with Gasteiger partial charge in [-0.1, -0.05) is 44.2 Å². The number of aliphatic hydroxyl groups is 1. The maximum Gasteiger partial charge on any atom is 0.0835 e. The van der Waals surface area contributed by atoms with E-state index in [9.17, 15) is 5.11 Å². The summed E-state index contributed by atoms with van der Waals surface area (Å²) < 4.78 is 5.68. The van der Waals surface area contributed by atoms with Crippen LogP contribution in [0.5, 0.6) is 0 Å². The minimum absolute atomic E-state index is 0.0461. The highest BCUT2D eigenvalue weighted by atomic mass is 16.5. The lowest BCUT2D eigenvalue weighted by Gasteiger charge is -2.20. The first kappa shape index (κ1) is 12.2. The average molecular weight is 208 g/mol. The molecule has 0 unspecified atom stereocenters. The van der Waals surface area contributed by atoms with Crippen LogP contribution in [-0.4, -0.2) is 17.3 Å². The average Bonchev–Trinajstić information content (AvgIpc) is 2.31. The van der Waals surface area contributed by atoms with Crippen molar-refractivity contribution in [3.05, 3.63) is 35.9 Å². The lowest BCUT2D eigenvalue weighted by Crippen LogP contribution is -2.27. The van der Waals surface area contributed by atoms with Crippen LogP contribution in [0.25, 0.3) is 0 Å². The van der Waals surface area contributed by atoms with E-state index in [0.717, 1.165) is 18.4 Å². The minimum Gasteiger partial charge on any atom is -0.390 e. The molecule has 1 rings (SSSR count). The molecule has 2 heteroatoms. The van der Waals surface area contributed by atoms with E-state index in [2.05, 4.69) is 0 Å². The smallest absolute Gasteiger partial charge is 0.0835 e. The van der Waals surface area contributed by atoms with E-state index in [0.29, 0.717) is 6.61 Å². The molecule has 2 nitrogen and oxygen atoms in total. The Labute approximate surface area is 91.9 Å². The molecule has 0 fully saturated rings. The molecule has 15 heavy (non-hydrogen) atoms. The maximum atomic E-state index is 9.67. The molecular weight excluding hydrogens is 188 g/mol. The largest absolute Gasteiger partial charge is 0.390 e. The first-order valence-corrected chi connectivity index (χ1v) is 5.61. The van der Waals surface area contributed by atoms with Crippen molar-refractivity contribution in [2.75, 3.05) is 0 Å². The predicted molar refractivity (Wildman–Crippen MR) is 61.6 cm³/mol. The zero-order valence-corrected chi connectivity index (χ0v) is 9.52. The van der Waals surface area contributed by atoms with E-state index in [1.807, 2.05) is 44.2 Å². The molecule has 0 heterocycles. The first-order chi connectivity index (χ1) is 7.27. The minimum atomic E-state index is -0.348. The first-order valence-electron chi connectivity index (χ1n) is 5.61. The van der Waals surface area contributed by atoms with E-state index in [4.69, 9.17) is 4.74 Å². The van der Waals surface area contributed by atoms with Crippen molar-refractivity contribution in [3.63, 3.8) is 0 Å². The van der Waals surface area contributed by atoms with Gasteiger partial charge in [-0.25, -0.2) is 0 Å². The normalized spacial score (nSPS) is 14.9. The summed E-state index contributed by atoms with van der Waals surface area (Å²) in [6, 6.07) is 10.0. The second-order valence-electron chi connectivity index (χ2n) is 3.72. The quantitative estimate of drug-likeness (QED) is 0.779. The maximum absolute atomic E-state index is 9.67. The van der Waals surface area contributed by atoms with Crippen molar-refractivity contribution in [2.45, 2.75) is 45.5 Å². The van der Waals surface area contributed by atoms with Gasteiger partial charge >= 0.3 is 0 Å². The number of hydrogen-bond donors (Lipinski definition) is 1. The Kier molecular flexibility index (Phi) is 5.37. The van der Waals surface area contributed by atoms with Gasteiger partial charge in [-0.15, -0.1) is 0 Å². The lowest BCUT2D eigenvalue weighted by atomic mass is 10.1. The number of hydrogen-bond acceptors (Lipinski definition) is 2. The molecular formula is C13H20O2. The fourth-order valence-corrected chi connectivity index (χ4v) is 1.54. The van der Waals surface area contributed by atoms with Gasteiger partial charge in [0.15, 0.2) is 0 Å². The van der Waals surface area contributed by atoms with Gasteiger partial charge in [-0.05, 0) is 18.4 Å². The Hall–Kier alpha value is -0.860. The third kappa shape index (κ3) is 4.02. The number of rotatable bonds is 6. The fourth-order valence-electron chi connectivity index (χ4n) is 1.54. The van der Waals surface area contributed by atoms with E-state index in [-0.39, 0.29) is 12.2 Å². The molecule has 84 valence electrons. The molecule has 0 aliphatic rings. The van der Waals surface area contributed by atoms with Crippen LogP contribution in [0, 0.1) is 0 Å². The van der Waals surface area contributed by atoms with Crippen LogP contribution in [0.3, 0.4) is 0 Å². The third-order valence-electron chi connectivity index (χ3n) is 2.56. The molecule has 0 amide bonds. The van der Waals surface area contributed by atoms with Crippen LogP contribution in [0.2, 0.25) is 0 Å². The molecule has 0 aliphatic carbocycles. The molecule has 0 bridgehead atoms. The highest BCUT2D eigenvalue weighted by molar-refractivity contribution is 5.13. The van der Waals surface area contributed by atoms with Gasteiger partial charge in [-0.2, -0.15) is 0 Å². The van der Waals surface area contributed by atoms with E-state index < -0.39 is 0 Å². The molecule has 1 N–H and O–H groups in total. The SMILES string of the molecule is CC[C@H](O)[C@@H](CC)OCc1ccccc1. The zero-order valence-electron chi connectivity index (χ0n) is 9.52. The van der Waals surface area contributed by atoms with Crippen LogP contribution >= 0.6 is 0 Å². The van der Waals surface area contributed by atoms with Gasteiger partial charge in [0.1, 0.15) is 0 Å². The summed E-state index contributed by atoms with van der Waals surface area (Å²) in [7, 11) is 0. The van der Waals surface area contributed by atoms with Crippen molar-refractivity contribution in [1.29, 1.82) is 0 Å². The number of ether oxygens (including phenoxy) is 1. The molecule has 0 saturated carbocycles. The molecule has 0 saturated heterocycles. The second-order valence-corrected chi connectivity index (χ2v) is 3.72. The molecule has 0 aromatic heterocycles. The van der Waals surface area contributed by atoms with Gasteiger partial charge in [0, 0.05) is 0 Å². The summed E-state index contributed by atoms with van der Waals surface area (Å²) in [5.74, 6) is 0. The van der Waals surface area contributed by atoms with Crippen LogP contribution in [-0.2, 0) is 11.3 Å². The predicted octanol–water partition coefficient (Wildman–Crippen LogP) is 2.75. The fraction of sp³-hybridized carbons (Fsp3) is 0.538. The van der Waals surface area contributed by atoms with Crippen LogP contribution in [0.1, 0.15) is 32.3 Å². The highest BCUT2D eigenvalue weighted by Gasteiger charge is 2.15. The number of benzene rings is 1. The lowest BCUT2D eigenvalue weighted by molar-refractivity contribution is -0.0482. The van der Waals surface area contributed by atoms with E-state index in [1.54, 1.807) is 0 Å². The standard InChI is InChI=1S/C13H20O2/c1-3-12(14)13(4-2)15-10-11-8-6-5-7-9-11/h5-9,12-14H,3-4,10H2,1-2H3/t12-,13+/m0/s1. The second kappa shape index (κ2) is 6.59.